The normalized spacial score (nSPS) is 10.5. The molecule has 0 aliphatic carbocycles. The van der Waals surface area contributed by atoms with Crippen LogP contribution in [-0.4, -0.2) is 36.0 Å². The summed E-state index contributed by atoms with van der Waals surface area (Å²) in [4.78, 5) is 23.5. The van der Waals surface area contributed by atoms with E-state index in [2.05, 4.69) is 0 Å². The summed E-state index contributed by atoms with van der Waals surface area (Å²) in [5, 5.41) is 8.50. The molecule has 0 saturated carbocycles. The summed E-state index contributed by atoms with van der Waals surface area (Å²) in [5.41, 5.74) is 1.41. The summed E-state index contributed by atoms with van der Waals surface area (Å²) < 4.78 is 0. The Labute approximate surface area is 100 Å². The molecule has 1 aromatic carbocycles. The second kappa shape index (κ2) is 5.84. The van der Waals surface area contributed by atoms with Crippen molar-refractivity contribution >= 4 is 18.0 Å². The monoisotopic (exact) mass is 233 g/mol. The van der Waals surface area contributed by atoms with Crippen LogP contribution in [0.5, 0.6) is 0 Å². The number of carbonyl (C=O) groups excluding carboxylic acids is 1. The number of carboxylic acids is 1. The average molecular weight is 233 g/mol. The first-order chi connectivity index (χ1) is 8.00. The molecule has 1 amide bonds. The van der Waals surface area contributed by atoms with E-state index in [1.54, 1.807) is 44.4 Å². The minimum Gasteiger partial charge on any atom is -0.481 e. The highest BCUT2D eigenvalue weighted by Crippen LogP contribution is 2.09. The van der Waals surface area contributed by atoms with Gasteiger partial charge in [0, 0.05) is 19.7 Å². The van der Waals surface area contributed by atoms with E-state index in [0.29, 0.717) is 5.56 Å². The van der Waals surface area contributed by atoms with Gasteiger partial charge >= 0.3 is 5.97 Å². The Balaban J connectivity index is 2.82. The number of benzene rings is 1. The summed E-state index contributed by atoms with van der Waals surface area (Å²) >= 11 is 0. The molecule has 0 atom stereocenters. The number of amides is 1. The van der Waals surface area contributed by atoms with Crippen molar-refractivity contribution in [1.29, 1.82) is 0 Å². The van der Waals surface area contributed by atoms with Gasteiger partial charge in [0.25, 0.3) is 5.91 Å². The van der Waals surface area contributed by atoms with Crippen LogP contribution in [0.3, 0.4) is 0 Å². The molecule has 4 nitrogen and oxygen atoms in total. The minimum absolute atomic E-state index is 0.0220. The third-order valence-electron chi connectivity index (χ3n) is 2.14. The van der Waals surface area contributed by atoms with E-state index >= 15 is 0 Å². The fourth-order valence-electron chi connectivity index (χ4n) is 1.33. The molecule has 90 valence electrons. The molecule has 1 N–H and O–H groups in total. The van der Waals surface area contributed by atoms with Crippen LogP contribution < -0.4 is 0 Å². The molecule has 0 radical (unpaired) electrons. The van der Waals surface area contributed by atoms with Gasteiger partial charge < -0.3 is 10.0 Å². The Kier molecular flexibility index (Phi) is 4.46. The van der Waals surface area contributed by atoms with Crippen molar-refractivity contribution in [3.05, 3.63) is 41.5 Å². The van der Waals surface area contributed by atoms with Gasteiger partial charge in [0.15, 0.2) is 0 Å². The third-order valence-corrected chi connectivity index (χ3v) is 2.14. The smallest absolute Gasteiger partial charge is 0.307 e. The van der Waals surface area contributed by atoms with Crippen molar-refractivity contribution in [3.8, 4) is 0 Å². The van der Waals surface area contributed by atoms with Gasteiger partial charge in [-0.25, -0.2) is 0 Å². The molecule has 0 spiro atoms. The van der Waals surface area contributed by atoms with Crippen LogP contribution in [0.1, 0.15) is 22.3 Å². The fourth-order valence-corrected chi connectivity index (χ4v) is 1.33. The highest BCUT2D eigenvalue weighted by Gasteiger charge is 2.06. The maximum absolute atomic E-state index is 11.7. The largest absolute Gasteiger partial charge is 0.481 e. The number of hydrogen-bond donors (Lipinski definition) is 1. The first-order valence-electron chi connectivity index (χ1n) is 5.21. The van der Waals surface area contributed by atoms with E-state index in [1.165, 1.54) is 4.90 Å². The zero-order chi connectivity index (χ0) is 12.8. The molecule has 0 fully saturated rings. The van der Waals surface area contributed by atoms with Crippen LogP contribution in [0.2, 0.25) is 0 Å². The van der Waals surface area contributed by atoms with E-state index in [4.69, 9.17) is 5.11 Å². The van der Waals surface area contributed by atoms with Crippen molar-refractivity contribution in [1.82, 2.24) is 4.90 Å². The predicted octanol–water partition coefficient (Wildman–Crippen LogP) is 1.88. The summed E-state index contributed by atoms with van der Waals surface area (Å²) in [6.07, 6.45) is 3.23. The molecule has 4 heteroatoms. The first-order valence-corrected chi connectivity index (χ1v) is 5.21. The van der Waals surface area contributed by atoms with Gasteiger partial charge in [-0.3, -0.25) is 9.59 Å². The lowest BCUT2D eigenvalue weighted by Gasteiger charge is -2.10. The molecule has 17 heavy (non-hydrogen) atoms. The topological polar surface area (TPSA) is 57.6 Å². The van der Waals surface area contributed by atoms with E-state index in [0.717, 1.165) is 5.56 Å². The molecular formula is C13H15NO3. The van der Waals surface area contributed by atoms with Crippen LogP contribution in [0, 0.1) is 0 Å². The maximum Gasteiger partial charge on any atom is 0.307 e. The number of rotatable bonds is 4. The maximum atomic E-state index is 11.7. The number of nitrogens with zero attached hydrogens (tertiary/aromatic N) is 1. The van der Waals surface area contributed by atoms with Gasteiger partial charge in [-0.15, -0.1) is 0 Å². The summed E-state index contributed by atoms with van der Waals surface area (Å²) in [6.45, 7) is 0. The Bertz CT molecular complexity index is 450. The van der Waals surface area contributed by atoms with Gasteiger partial charge in [0.1, 0.15) is 0 Å². The zero-order valence-electron chi connectivity index (χ0n) is 9.88. The highest BCUT2D eigenvalue weighted by molar-refractivity contribution is 5.94. The SMILES string of the molecule is CN(C)C(=O)c1cccc(C=CCC(=O)O)c1. The van der Waals surface area contributed by atoms with Crippen molar-refractivity contribution in [2.45, 2.75) is 6.42 Å². The van der Waals surface area contributed by atoms with Gasteiger partial charge in [0.05, 0.1) is 6.42 Å². The van der Waals surface area contributed by atoms with Crippen LogP contribution in [0.25, 0.3) is 6.08 Å². The Morgan fingerprint density at radius 3 is 2.65 bits per heavy atom. The number of hydrogen-bond acceptors (Lipinski definition) is 2. The molecule has 0 aliphatic rings. The molecular weight excluding hydrogens is 218 g/mol. The first kappa shape index (κ1) is 13.0. The van der Waals surface area contributed by atoms with Crippen molar-refractivity contribution in [3.63, 3.8) is 0 Å². The molecule has 1 rings (SSSR count). The van der Waals surface area contributed by atoms with E-state index in [1.807, 2.05) is 6.07 Å². The zero-order valence-corrected chi connectivity index (χ0v) is 9.88. The van der Waals surface area contributed by atoms with Crippen LogP contribution in [-0.2, 0) is 4.79 Å². The predicted molar refractivity (Wildman–Crippen MR) is 65.7 cm³/mol. The van der Waals surface area contributed by atoms with Crippen LogP contribution in [0.15, 0.2) is 30.3 Å². The summed E-state index contributed by atoms with van der Waals surface area (Å²) in [5.74, 6) is -0.944. The van der Waals surface area contributed by atoms with E-state index in [9.17, 15) is 9.59 Å². The quantitative estimate of drug-likeness (QED) is 0.863. The van der Waals surface area contributed by atoms with Crippen LogP contribution in [0.4, 0.5) is 0 Å². The standard InChI is InChI=1S/C13H15NO3/c1-14(2)13(17)11-7-3-5-10(9-11)6-4-8-12(15)16/h3-7,9H,8H2,1-2H3,(H,15,16). The van der Waals surface area contributed by atoms with Crippen molar-refractivity contribution in [2.24, 2.45) is 0 Å². The third kappa shape index (κ3) is 4.10. The number of carbonyl (C=O) groups is 2. The van der Waals surface area contributed by atoms with Crippen LogP contribution >= 0.6 is 0 Å². The van der Waals surface area contributed by atoms with Gasteiger partial charge in [-0.05, 0) is 17.7 Å². The average Bonchev–Trinajstić information content (AvgIpc) is 2.28. The molecule has 0 aromatic heterocycles. The van der Waals surface area contributed by atoms with Crippen molar-refractivity contribution in [2.75, 3.05) is 14.1 Å². The summed E-state index contributed by atoms with van der Waals surface area (Å²) in [7, 11) is 3.38. The Morgan fingerprint density at radius 1 is 1.35 bits per heavy atom. The van der Waals surface area contributed by atoms with E-state index in [-0.39, 0.29) is 12.3 Å². The number of carboxylic acid groups (broad SMARTS) is 1. The second-order valence-electron chi connectivity index (χ2n) is 3.83. The number of aliphatic carboxylic acids is 1. The van der Waals surface area contributed by atoms with Gasteiger partial charge in [-0.2, -0.15) is 0 Å². The molecule has 0 heterocycles. The summed E-state index contributed by atoms with van der Waals surface area (Å²) in [6, 6.07) is 7.07. The molecule has 0 aliphatic heterocycles. The molecule has 0 saturated heterocycles. The lowest BCUT2D eigenvalue weighted by molar-refractivity contribution is -0.135. The van der Waals surface area contributed by atoms with E-state index < -0.39 is 5.97 Å². The molecule has 0 bridgehead atoms. The van der Waals surface area contributed by atoms with Crippen molar-refractivity contribution < 1.29 is 14.7 Å². The Hall–Kier alpha value is -2.10. The highest BCUT2D eigenvalue weighted by atomic mass is 16.4. The lowest BCUT2D eigenvalue weighted by Crippen LogP contribution is -2.21. The Morgan fingerprint density at radius 2 is 2.06 bits per heavy atom. The lowest BCUT2D eigenvalue weighted by atomic mass is 10.1. The minimum atomic E-state index is -0.873. The molecule has 0 unspecified atom stereocenters. The molecule has 1 aromatic rings. The van der Waals surface area contributed by atoms with Gasteiger partial charge in [-0.1, -0.05) is 24.3 Å². The fraction of sp³-hybridized carbons (Fsp3) is 0.231. The van der Waals surface area contributed by atoms with Gasteiger partial charge in [0.2, 0.25) is 0 Å². The second-order valence-corrected chi connectivity index (χ2v) is 3.83.